The first kappa shape index (κ1) is 24.6. The minimum absolute atomic E-state index is 0.0463. The number of benzene rings is 4. The van der Waals surface area contributed by atoms with Gasteiger partial charge in [-0.15, -0.1) is 0 Å². The molecule has 0 atom stereocenters. The first-order chi connectivity index (χ1) is 18.4. The van der Waals surface area contributed by atoms with Crippen molar-refractivity contribution in [3.8, 4) is 17.2 Å². The molecule has 5 rings (SSSR count). The van der Waals surface area contributed by atoms with Crippen LogP contribution in [0.3, 0.4) is 0 Å². The highest BCUT2D eigenvalue weighted by atomic mass is 16.6. The maximum Gasteiger partial charge on any atom is 0.291 e. The normalized spacial score (nSPS) is 10.8. The SMILES string of the molecule is Cc1ccc(C)c(Oc2cc(NC(=O)c3ccc(COc4cccc5ccccc45)o3)cc([N+](=O)[O-])c2)c1. The zero-order chi connectivity index (χ0) is 26.6. The second kappa shape index (κ2) is 10.5. The quantitative estimate of drug-likeness (QED) is 0.171. The van der Waals surface area contributed by atoms with Crippen molar-refractivity contribution in [1.82, 2.24) is 0 Å². The van der Waals surface area contributed by atoms with Crippen LogP contribution in [0, 0.1) is 24.0 Å². The number of non-ortho nitro benzene ring substituents is 1. The van der Waals surface area contributed by atoms with Crippen LogP contribution >= 0.6 is 0 Å². The Hall–Kier alpha value is -5.11. The fourth-order valence-electron chi connectivity index (χ4n) is 4.00. The Kier molecular flexibility index (Phi) is 6.78. The molecule has 8 nitrogen and oxygen atoms in total. The van der Waals surface area contributed by atoms with E-state index in [4.69, 9.17) is 13.9 Å². The van der Waals surface area contributed by atoms with Gasteiger partial charge in [-0.25, -0.2) is 0 Å². The highest BCUT2D eigenvalue weighted by Crippen LogP contribution is 2.32. The van der Waals surface area contributed by atoms with Crippen LogP contribution in [-0.2, 0) is 6.61 Å². The number of rotatable bonds is 8. The Balaban J connectivity index is 1.30. The van der Waals surface area contributed by atoms with E-state index in [1.165, 1.54) is 24.3 Å². The third-order valence-corrected chi connectivity index (χ3v) is 5.94. The Bertz CT molecular complexity index is 1650. The maximum atomic E-state index is 12.9. The Morgan fingerprint density at radius 1 is 0.921 bits per heavy atom. The molecule has 8 heteroatoms. The first-order valence-corrected chi connectivity index (χ1v) is 11.9. The zero-order valence-electron chi connectivity index (χ0n) is 20.8. The van der Waals surface area contributed by atoms with Gasteiger partial charge in [-0.05, 0) is 54.6 Å². The smallest absolute Gasteiger partial charge is 0.291 e. The van der Waals surface area contributed by atoms with Crippen molar-refractivity contribution in [2.24, 2.45) is 0 Å². The summed E-state index contributed by atoms with van der Waals surface area (Å²) in [7, 11) is 0. The van der Waals surface area contributed by atoms with Crippen LogP contribution in [0.5, 0.6) is 17.2 Å². The second-order valence-electron chi connectivity index (χ2n) is 8.83. The topological polar surface area (TPSA) is 104 Å². The number of nitro benzene ring substituents is 1. The van der Waals surface area contributed by atoms with Gasteiger partial charge in [-0.2, -0.15) is 0 Å². The van der Waals surface area contributed by atoms with Crippen molar-refractivity contribution in [3.63, 3.8) is 0 Å². The molecule has 1 N–H and O–H groups in total. The van der Waals surface area contributed by atoms with Crippen molar-refractivity contribution in [2.75, 3.05) is 5.32 Å². The van der Waals surface area contributed by atoms with Crippen molar-refractivity contribution >= 4 is 28.1 Å². The van der Waals surface area contributed by atoms with E-state index in [0.29, 0.717) is 17.3 Å². The van der Waals surface area contributed by atoms with E-state index in [-0.39, 0.29) is 29.5 Å². The molecule has 0 aliphatic carbocycles. The van der Waals surface area contributed by atoms with Crippen molar-refractivity contribution in [3.05, 3.63) is 124 Å². The van der Waals surface area contributed by atoms with E-state index in [1.54, 1.807) is 6.07 Å². The first-order valence-electron chi connectivity index (χ1n) is 11.9. The molecule has 1 aromatic heterocycles. The fraction of sp³-hybridized carbons (Fsp3) is 0.100. The van der Waals surface area contributed by atoms with Crippen molar-refractivity contribution in [1.29, 1.82) is 0 Å². The van der Waals surface area contributed by atoms with E-state index >= 15 is 0 Å². The van der Waals surface area contributed by atoms with Gasteiger partial charge in [0, 0.05) is 17.5 Å². The summed E-state index contributed by atoms with van der Waals surface area (Å²) in [5, 5.41) is 16.2. The van der Waals surface area contributed by atoms with Gasteiger partial charge in [0.05, 0.1) is 16.7 Å². The number of anilines is 1. The monoisotopic (exact) mass is 508 g/mol. The van der Waals surface area contributed by atoms with E-state index in [9.17, 15) is 14.9 Å². The summed E-state index contributed by atoms with van der Waals surface area (Å²) in [5.74, 6) is 1.46. The predicted octanol–water partition coefficient (Wildman–Crippen LogP) is 7.58. The number of hydrogen-bond donors (Lipinski definition) is 1. The number of nitrogens with zero attached hydrogens (tertiary/aromatic N) is 1. The summed E-state index contributed by atoms with van der Waals surface area (Å²) in [6.07, 6.45) is 0. The standard InChI is InChI=1S/C30H24N2O6/c1-19-10-11-20(2)29(14-19)38-25-16-22(15-23(17-25)32(34)35)31-30(33)28-13-12-24(37-28)18-36-27-9-5-7-21-6-3-4-8-26(21)27/h3-17H,18H2,1-2H3,(H,31,33). The molecule has 0 saturated heterocycles. The maximum absolute atomic E-state index is 12.9. The molecule has 1 heterocycles. The number of furan rings is 1. The molecule has 38 heavy (non-hydrogen) atoms. The molecule has 0 unspecified atom stereocenters. The van der Waals surface area contributed by atoms with Gasteiger partial charge >= 0.3 is 0 Å². The van der Waals surface area contributed by atoms with E-state index < -0.39 is 10.8 Å². The number of carbonyl (C=O) groups is 1. The summed E-state index contributed by atoms with van der Waals surface area (Å²) in [5.41, 5.74) is 1.85. The molecular weight excluding hydrogens is 484 g/mol. The van der Waals surface area contributed by atoms with Crippen LogP contribution in [0.2, 0.25) is 0 Å². The van der Waals surface area contributed by atoms with Crippen LogP contribution in [0.4, 0.5) is 11.4 Å². The van der Waals surface area contributed by atoms with Crippen LogP contribution in [-0.4, -0.2) is 10.8 Å². The average molecular weight is 509 g/mol. The summed E-state index contributed by atoms with van der Waals surface area (Å²) in [6.45, 7) is 3.94. The Labute approximate surface area is 218 Å². The van der Waals surface area contributed by atoms with Crippen LogP contribution in [0.1, 0.15) is 27.4 Å². The molecule has 0 radical (unpaired) electrons. The van der Waals surface area contributed by atoms with Crippen LogP contribution in [0.15, 0.2) is 95.4 Å². The van der Waals surface area contributed by atoms with Crippen molar-refractivity contribution in [2.45, 2.75) is 20.5 Å². The molecule has 0 saturated carbocycles. The number of hydrogen-bond acceptors (Lipinski definition) is 6. The molecule has 0 aliphatic heterocycles. The number of fused-ring (bicyclic) bond motifs is 1. The summed E-state index contributed by atoms with van der Waals surface area (Å²) in [4.78, 5) is 23.8. The third-order valence-electron chi connectivity index (χ3n) is 5.94. The third kappa shape index (κ3) is 5.49. The molecule has 4 aromatic carbocycles. The largest absolute Gasteiger partial charge is 0.485 e. The van der Waals surface area contributed by atoms with E-state index in [1.807, 2.05) is 74.5 Å². The van der Waals surface area contributed by atoms with Crippen LogP contribution in [0.25, 0.3) is 10.8 Å². The minimum atomic E-state index is -0.556. The number of ether oxygens (including phenoxy) is 2. The number of nitro groups is 1. The lowest BCUT2D eigenvalue weighted by Crippen LogP contribution is -2.11. The number of amides is 1. The molecular formula is C30H24N2O6. The fourth-order valence-corrected chi connectivity index (χ4v) is 4.00. The lowest BCUT2D eigenvalue weighted by molar-refractivity contribution is -0.384. The predicted molar refractivity (Wildman–Crippen MR) is 144 cm³/mol. The van der Waals surface area contributed by atoms with Gasteiger partial charge in [-0.3, -0.25) is 14.9 Å². The second-order valence-corrected chi connectivity index (χ2v) is 8.83. The summed E-state index contributed by atoms with van der Waals surface area (Å²) >= 11 is 0. The van der Waals surface area contributed by atoms with Gasteiger partial charge in [0.15, 0.2) is 5.76 Å². The lowest BCUT2D eigenvalue weighted by Gasteiger charge is -2.11. The molecule has 0 spiro atoms. The minimum Gasteiger partial charge on any atom is -0.485 e. The molecule has 5 aromatic rings. The molecule has 0 fully saturated rings. The average Bonchev–Trinajstić information content (AvgIpc) is 3.39. The molecule has 1 amide bonds. The van der Waals surface area contributed by atoms with Crippen molar-refractivity contribution < 1.29 is 23.6 Å². The van der Waals surface area contributed by atoms with Gasteiger partial charge in [0.1, 0.15) is 29.6 Å². The molecule has 190 valence electrons. The van der Waals surface area contributed by atoms with Crippen LogP contribution < -0.4 is 14.8 Å². The zero-order valence-corrected chi connectivity index (χ0v) is 20.8. The van der Waals surface area contributed by atoms with Gasteiger partial charge in [0.2, 0.25) is 0 Å². The molecule has 0 aliphatic rings. The highest BCUT2D eigenvalue weighted by molar-refractivity contribution is 6.02. The number of carbonyl (C=O) groups excluding carboxylic acids is 1. The summed E-state index contributed by atoms with van der Waals surface area (Å²) in [6, 6.07) is 26.7. The lowest BCUT2D eigenvalue weighted by atomic mass is 10.1. The Morgan fingerprint density at radius 2 is 1.74 bits per heavy atom. The van der Waals surface area contributed by atoms with Gasteiger partial charge < -0.3 is 19.2 Å². The van der Waals surface area contributed by atoms with Gasteiger partial charge in [0.25, 0.3) is 11.6 Å². The Morgan fingerprint density at radius 3 is 2.58 bits per heavy atom. The number of aryl methyl sites for hydroxylation is 2. The summed E-state index contributed by atoms with van der Waals surface area (Å²) < 4.78 is 17.5. The van der Waals surface area contributed by atoms with Gasteiger partial charge in [-0.1, -0.05) is 48.5 Å². The van der Waals surface area contributed by atoms with E-state index in [0.717, 1.165) is 21.9 Å². The number of nitrogens with one attached hydrogen (secondary N) is 1. The molecule has 0 bridgehead atoms. The highest BCUT2D eigenvalue weighted by Gasteiger charge is 2.17. The van der Waals surface area contributed by atoms with E-state index in [2.05, 4.69) is 5.32 Å².